The Bertz CT molecular complexity index is 868. The number of aryl methyl sites for hydroxylation is 1. The van der Waals surface area contributed by atoms with Crippen LogP contribution >= 0.6 is 0 Å². The summed E-state index contributed by atoms with van der Waals surface area (Å²) in [5.74, 6) is -4.71. The van der Waals surface area contributed by atoms with Gasteiger partial charge in [0.15, 0.2) is 11.6 Å². The third kappa shape index (κ3) is 4.51. The molecule has 6 heteroatoms. The van der Waals surface area contributed by atoms with Crippen LogP contribution in [0.5, 0.6) is 0 Å². The molecule has 4 nitrogen and oxygen atoms in total. The van der Waals surface area contributed by atoms with E-state index < -0.39 is 29.4 Å². The first-order valence-electron chi connectivity index (χ1n) is 8.86. The fourth-order valence-corrected chi connectivity index (χ4v) is 3.36. The second kappa shape index (κ2) is 7.86. The van der Waals surface area contributed by atoms with Crippen molar-refractivity contribution in [2.45, 2.75) is 25.7 Å². The lowest BCUT2D eigenvalue weighted by atomic mass is 9.98. The molecule has 0 saturated heterocycles. The largest absolute Gasteiger partial charge is 0.481 e. The third-order valence-electron chi connectivity index (χ3n) is 4.94. The second-order valence-corrected chi connectivity index (χ2v) is 7.07. The molecule has 3 atom stereocenters. The number of benzene rings is 2. The molecular formula is C21H21F2NO3. The molecule has 0 spiro atoms. The van der Waals surface area contributed by atoms with Gasteiger partial charge in [-0.2, -0.15) is 0 Å². The molecule has 0 aromatic heterocycles. The maximum atomic E-state index is 13.8. The SMILES string of the molecule is Cc1cccc(CC(CNC(=O)C2CC2c2cccc(F)c2F)C(=O)O)c1. The molecule has 1 aliphatic carbocycles. The molecule has 0 radical (unpaired) electrons. The summed E-state index contributed by atoms with van der Waals surface area (Å²) < 4.78 is 27.2. The van der Waals surface area contributed by atoms with Crippen LogP contribution in [0.15, 0.2) is 42.5 Å². The predicted molar refractivity (Wildman–Crippen MR) is 96.2 cm³/mol. The van der Waals surface area contributed by atoms with E-state index in [2.05, 4.69) is 5.32 Å². The first-order chi connectivity index (χ1) is 12.9. The zero-order valence-electron chi connectivity index (χ0n) is 14.9. The van der Waals surface area contributed by atoms with Crippen molar-refractivity contribution in [2.75, 3.05) is 6.54 Å². The minimum absolute atomic E-state index is 0.00301. The van der Waals surface area contributed by atoms with Gasteiger partial charge in [0.1, 0.15) is 0 Å². The topological polar surface area (TPSA) is 66.4 Å². The molecule has 1 aliphatic rings. The van der Waals surface area contributed by atoms with Crippen molar-refractivity contribution in [1.29, 1.82) is 0 Å². The normalized spacial score (nSPS) is 19.4. The van der Waals surface area contributed by atoms with Crippen LogP contribution in [0.25, 0.3) is 0 Å². The van der Waals surface area contributed by atoms with Gasteiger partial charge in [-0.3, -0.25) is 9.59 Å². The number of amides is 1. The third-order valence-corrected chi connectivity index (χ3v) is 4.94. The molecule has 2 aromatic carbocycles. The van der Waals surface area contributed by atoms with Crippen LogP contribution in [0.1, 0.15) is 29.0 Å². The van der Waals surface area contributed by atoms with Crippen molar-refractivity contribution in [3.05, 3.63) is 70.8 Å². The van der Waals surface area contributed by atoms with E-state index in [0.717, 1.165) is 17.2 Å². The fourth-order valence-electron chi connectivity index (χ4n) is 3.36. The van der Waals surface area contributed by atoms with Gasteiger partial charge < -0.3 is 10.4 Å². The highest BCUT2D eigenvalue weighted by atomic mass is 19.2. The predicted octanol–water partition coefficient (Wildman–Crippen LogP) is 3.44. The van der Waals surface area contributed by atoms with Crippen LogP contribution in [0.4, 0.5) is 8.78 Å². The van der Waals surface area contributed by atoms with Gasteiger partial charge in [0.25, 0.3) is 0 Å². The maximum Gasteiger partial charge on any atom is 0.308 e. The fraction of sp³-hybridized carbons (Fsp3) is 0.333. The Balaban J connectivity index is 1.57. The van der Waals surface area contributed by atoms with E-state index in [1.54, 1.807) is 0 Å². The smallest absolute Gasteiger partial charge is 0.308 e. The first-order valence-corrected chi connectivity index (χ1v) is 8.86. The zero-order chi connectivity index (χ0) is 19.6. The lowest BCUT2D eigenvalue weighted by molar-refractivity contribution is -0.141. The molecule has 1 amide bonds. The van der Waals surface area contributed by atoms with Gasteiger partial charge in [0.2, 0.25) is 5.91 Å². The van der Waals surface area contributed by atoms with Gasteiger partial charge >= 0.3 is 5.97 Å². The summed E-state index contributed by atoms with van der Waals surface area (Å²) in [5, 5.41) is 12.1. The van der Waals surface area contributed by atoms with Gasteiger partial charge in [0.05, 0.1) is 5.92 Å². The summed E-state index contributed by atoms with van der Waals surface area (Å²) in [7, 11) is 0. The minimum Gasteiger partial charge on any atom is -0.481 e. The summed E-state index contributed by atoms with van der Waals surface area (Å²) in [5.41, 5.74) is 2.13. The molecule has 3 unspecified atom stereocenters. The van der Waals surface area contributed by atoms with Crippen molar-refractivity contribution in [3.63, 3.8) is 0 Å². The molecule has 142 valence electrons. The molecule has 2 aromatic rings. The number of halogens is 2. The highest BCUT2D eigenvalue weighted by Crippen LogP contribution is 2.48. The number of carbonyl (C=O) groups is 2. The number of carbonyl (C=O) groups excluding carboxylic acids is 1. The number of hydrogen-bond donors (Lipinski definition) is 2. The van der Waals surface area contributed by atoms with Crippen LogP contribution in [-0.4, -0.2) is 23.5 Å². The molecule has 1 fully saturated rings. The number of carboxylic acids is 1. The van der Waals surface area contributed by atoms with E-state index in [1.807, 2.05) is 31.2 Å². The molecule has 0 aliphatic heterocycles. The van der Waals surface area contributed by atoms with Crippen molar-refractivity contribution >= 4 is 11.9 Å². The van der Waals surface area contributed by atoms with Gasteiger partial charge in [0, 0.05) is 12.5 Å². The Morgan fingerprint density at radius 2 is 1.96 bits per heavy atom. The van der Waals surface area contributed by atoms with E-state index in [-0.39, 0.29) is 23.9 Å². The summed E-state index contributed by atoms with van der Waals surface area (Å²) in [6, 6.07) is 11.5. The van der Waals surface area contributed by atoms with E-state index in [1.165, 1.54) is 12.1 Å². The molecule has 27 heavy (non-hydrogen) atoms. The maximum absolute atomic E-state index is 13.8. The summed E-state index contributed by atoms with van der Waals surface area (Å²) in [4.78, 5) is 23.8. The highest BCUT2D eigenvalue weighted by Gasteiger charge is 2.45. The number of carboxylic acid groups (broad SMARTS) is 1. The van der Waals surface area contributed by atoms with Crippen LogP contribution in [0.3, 0.4) is 0 Å². The highest BCUT2D eigenvalue weighted by molar-refractivity contribution is 5.83. The van der Waals surface area contributed by atoms with Crippen LogP contribution in [0, 0.1) is 30.4 Å². The number of hydrogen-bond acceptors (Lipinski definition) is 2. The van der Waals surface area contributed by atoms with Crippen LogP contribution in [0.2, 0.25) is 0 Å². The minimum atomic E-state index is -0.986. The Morgan fingerprint density at radius 1 is 1.22 bits per heavy atom. The Hall–Kier alpha value is -2.76. The average Bonchev–Trinajstić information content (AvgIpc) is 3.41. The van der Waals surface area contributed by atoms with E-state index in [4.69, 9.17) is 0 Å². The number of nitrogens with one attached hydrogen (secondary N) is 1. The van der Waals surface area contributed by atoms with Crippen LogP contribution in [-0.2, 0) is 16.0 Å². The second-order valence-electron chi connectivity index (χ2n) is 7.07. The van der Waals surface area contributed by atoms with E-state index in [0.29, 0.717) is 12.8 Å². The molecular weight excluding hydrogens is 352 g/mol. The van der Waals surface area contributed by atoms with E-state index >= 15 is 0 Å². The summed E-state index contributed by atoms with van der Waals surface area (Å²) in [6.07, 6.45) is 0.742. The van der Waals surface area contributed by atoms with Gasteiger partial charge in [-0.1, -0.05) is 42.0 Å². The van der Waals surface area contributed by atoms with Crippen molar-refractivity contribution in [2.24, 2.45) is 11.8 Å². The molecule has 1 saturated carbocycles. The Labute approximate surface area is 156 Å². The molecule has 0 bridgehead atoms. The summed E-state index contributed by atoms with van der Waals surface area (Å²) >= 11 is 0. The Kier molecular flexibility index (Phi) is 5.54. The monoisotopic (exact) mass is 373 g/mol. The number of aliphatic carboxylic acids is 1. The lowest BCUT2D eigenvalue weighted by Gasteiger charge is -2.14. The quantitative estimate of drug-likeness (QED) is 0.781. The van der Waals surface area contributed by atoms with Gasteiger partial charge in [-0.05, 0) is 42.9 Å². The first kappa shape index (κ1) is 19.0. The Morgan fingerprint density at radius 3 is 2.67 bits per heavy atom. The summed E-state index contributed by atoms with van der Waals surface area (Å²) in [6.45, 7) is 1.93. The van der Waals surface area contributed by atoms with E-state index in [9.17, 15) is 23.5 Å². The standard InChI is InChI=1S/C21H21F2NO3/c1-12-4-2-5-13(8-12)9-14(21(26)27)11-24-20(25)17-10-16(17)15-6-3-7-18(22)19(15)23/h2-8,14,16-17H,9-11H2,1H3,(H,24,25)(H,26,27). The molecule has 3 rings (SSSR count). The number of rotatable bonds is 7. The zero-order valence-corrected chi connectivity index (χ0v) is 14.9. The average molecular weight is 373 g/mol. The molecule has 2 N–H and O–H groups in total. The van der Waals surface area contributed by atoms with Crippen molar-refractivity contribution in [1.82, 2.24) is 5.32 Å². The van der Waals surface area contributed by atoms with Crippen LogP contribution < -0.4 is 5.32 Å². The molecule has 0 heterocycles. The van der Waals surface area contributed by atoms with Crippen molar-refractivity contribution < 1.29 is 23.5 Å². The van der Waals surface area contributed by atoms with Crippen molar-refractivity contribution in [3.8, 4) is 0 Å². The van der Waals surface area contributed by atoms with Gasteiger partial charge in [-0.25, -0.2) is 8.78 Å². The lowest BCUT2D eigenvalue weighted by Crippen LogP contribution is -2.35. The van der Waals surface area contributed by atoms with Gasteiger partial charge in [-0.15, -0.1) is 0 Å².